The van der Waals surface area contributed by atoms with Crippen LogP contribution in [0.1, 0.15) is 30.5 Å². The summed E-state index contributed by atoms with van der Waals surface area (Å²) in [6, 6.07) is 10.8. The van der Waals surface area contributed by atoms with E-state index in [1.807, 2.05) is 32.9 Å². The summed E-state index contributed by atoms with van der Waals surface area (Å²) in [6.07, 6.45) is 0. The minimum Gasteiger partial charge on any atom is -0.325 e. The van der Waals surface area contributed by atoms with Gasteiger partial charge < -0.3 is 10.6 Å². The van der Waals surface area contributed by atoms with Crippen LogP contribution < -0.4 is 10.6 Å². The van der Waals surface area contributed by atoms with Gasteiger partial charge in [-0.1, -0.05) is 29.3 Å². The number of amides is 2. The van der Waals surface area contributed by atoms with Crippen molar-refractivity contribution in [2.75, 3.05) is 10.6 Å². The van der Waals surface area contributed by atoms with E-state index in [1.54, 1.807) is 38.1 Å². The van der Waals surface area contributed by atoms with E-state index >= 15 is 0 Å². The van der Waals surface area contributed by atoms with Crippen molar-refractivity contribution in [3.63, 3.8) is 0 Å². The maximum atomic E-state index is 12.7. The Balaban J connectivity index is 2.16. The Morgan fingerprint density at radius 1 is 0.880 bits per heavy atom. The number of rotatable bonds is 4. The Labute approximate surface area is 153 Å². The smallest absolute Gasteiger partial charge is 0.239 e. The first-order chi connectivity index (χ1) is 11.6. The monoisotopic (exact) mass is 358 g/mol. The van der Waals surface area contributed by atoms with Crippen LogP contribution in [0.3, 0.4) is 0 Å². The highest BCUT2D eigenvalue weighted by Gasteiger charge is 2.36. The van der Waals surface area contributed by atoms with Gasteiger partial charge in [-0.3, -0.25) is 9.59 Å². The lowest BCUT2D eigenvalue weighted by Gasteiger charge is -2.24. The number of hydrogen-bond acceptors (Lipinski definition) is 2. The molecule has 0 fully saturated rings. The number of nitrogens with one attached hydrogen (secondary N) is 2. The molecule has 2 rings (SSSR count). The summed E-state index contributed by atoms with van der Waals surface area (Å²) in [5.41, 5.74) is 3.19. The number of aryl methyl sites for hydroxylation is 3. The lowest BCUT2D eigenvalue weighted by Crippen LogP contribution is -2.41. The van der Waals surface area contributed by atoms with Gasteiger partial charge in [0.1, 0.15) is 5.41 Å². The maximum absolute atomic E-state index is 12.7. The van der Waals surface area contributed by atoms with Crippen LogP contribution in [0.2, 0.25) is 5.02 Å². The van der Waals surface area contributed by atoms with Gasteiger partial charge in [0.15, 0.2) is 0 Å². The van der Waals surface area contributed by atoms with Crippen LogP contribution in [0.4, 0.5) is 11.4 Å². The van der Waals surface area contributed by atoms with Crippen molar-refractivity contribution >= 4 is 34.8 Å². The molecule has 0 aliphatic rings. The topological polar surface area (TPSA) is 58.2 Å². The summed E-state index contributed by atoms with van der Waals surface area (Å²) in [5.74, 6) is -0.733. The number of benzene rings is 2. The minimum atomic E-state index is -1.23. The van der Waals surface area contributed by atoms with Crippen LogP contribution >= 0.6 is 11.6 Å². The van der Waals surface area contributed by atoms with Gasteiger partial charge in [-0.25, -0.2) is 0 Å². The van der Waals surface area contributed by atoms with Gasteiger partial charge in [0.25, 0.3) is 0 Å². The Kier molecular flexibility index (Phi) is 5.53. The molecule has 2 N–H and O–H groups in total. The molecule has 25 heavy (non-hydrogen) atoms. The van der Waals surface area contributed by atoms with Crippen molar-refractivity contribution in [3.8, 4) is 0 Å². The van der Waals surface area contributed by atoms with E-state index in [4.69, 9.17) is 11.6 Å². The molecule has 0 unspecified atom stereocenters. The molecule has 0 aromatic heterocycles. The molecule has 0 saturated carbocycles. The van der Waals surface area contributed by atoms with Crippen molar-refractivity contribution < 1.29 is 9.59 Å². The van der Waals surface area contributed by atoms with E-state index in [-0.39, 0.29) is 11.8 Å². The molecular weight excluding hydrogens is 336 g/mol. The van der Waals surface area contributed by atoms with E-state index in [1.165, 1.54) is 0 Å². The fourth-order valence-electron chi connectivity index (χ4n) is 2.57. The SMILES string of the molecule is Cc1cc(C)c(NC(=O)C(C)(C)C(=O)Nc2ccc(Cl)cc2)c(C)c1. The van der Waals surface area contributed by atoms with Crippen molar-refractivity contribution in [2.45, 2.75) is 34.6 Å². The van der Waals surface area contributed by atoms with Gasteiger partial charge in [0.2, 0.25) is 11.8 Å². The third-order valence-corrected chi connectivity index (χ3v) is 4.40. The largest absolute Gasteiger partial charge is 0.325 e. The number of hydrogen-bond donors (Lipinski definition) is 2. The second kappa shape index (κ2) is 7.28. The van der Waals surface area contributed by atoms with Crippen molar-refractivity contribution in [1.82, 2.24) is 0 Å². The van der Waals surface area contributed by atoms with Crippen molar-refractivity contribution in [1.29, 1.82) is 0 Å². The summed E-state index contributed by atoms with van der Waals surface area (Å²) in [6.45, 7) is 9.10. The van der Waals surface area contributed by atoms with Crippen molar-refractivity contribution in [3.05, 3.63) is 58.1 Å². The quantitative estimate of drug-likeness (QED) is 0.766. The molecule has 0 aliphatic carbocycles. The fraction of sp³-hybridized carbons (Fsp3) is 0.300. The van der Waals surface area contributed by atoms with Crippen LogP contribution in [-0.4, -0.2) is 11.8 Å². The van der Waals surface area contributed by atoms with Gasteiger partial charge in [-0.15, -0.1) is 0 Å². The van der Waals surface area contributed by atoms with Crippen LogP contribution in [0.25, 0.3) is 0 Å². The second-order valence-electron chi connectivity index (χ2n) is 6.81. The molecule has 0 aliphatic heterocycles. The average Bonchev–Trinajstić information content (AvgIpc) is 2.52. The molecule has 0 spiro atoms. The van der Waals surface area contributed by atoms with Gasteiger partial charge >= 0.3 is 0 Å². The van der Waals surface area contributed by atoms with E-state index < -0.39 is 5.41 Å². The highest BCUT2D eigenvalue weighted by molar-refractivity contribution is 6.30. The zero-order chi connectivity index (χ0) is 18.8. The number of halogens is 1. The van der Waals surface area contributed by atoms with E-state index in [0.717, 1.165) is 22.4 Å². The molecule has 4 nitrogen and oxygen atoms in total. The predicted octanol–water partition coefficient (Wildman–Crippen LogP) is 4.87. The molecule has 2 aromatic rings. The second-order valence-corrected chi connectivity index (χ2v) is 7.25. The van der Waals surface area contributed by atoms with Gasteiger partial charge in [0.05, 0.1) is 0 Å². The zero-order valence-electron chi connectivity index (χ0n) is 15.2. The molecule has 5 heteroatoms. The molecular formula is C20H23ClN2O2. The third-order valence-electron chi connectivity index (χ3n) is 4.15. The van der Waals surface area contributed by atoms with Gasteiger partial charge in [-0.2, -0.15) is 0 Å². The molecule has 132 valence electrons. The van der Waals surface area contributed by atoms with E-state index in [0.29, 0.717) is 10.7 Å². The highest BCUT2D eigenvalue weighted by Crippen LogP contribution is 2.26. The maximum Gasteiger partial charge on any atom is 0.239 e. The number of carbonyl (C=O) groups is 2. The summed E-state index contributed by atoms with van der Waals surface area (Å²) < 4.78 is 0. The highest BCUT2D eigenvalue weighted by atomic mass is 35.5. The Bertz CT molecular complexity index is 788. The van der Waals surface area contributed by atoms with Gasteiger partial charge in [0, 0.05) is 16.4 Å². The Morgan fingerprint density at radius 2 is 1.36 bits per heavy atom. The zero-order valence-corrected chi connectivity index (χ0v) is 15.9. The summed E-state index contributed by atoms with van der Waals surface area (Å²) >= 11 is 5.84. The van der Waals surface area contributed by atoms with E-state index in [9.17, 15) is 9.59 Å². The van der Waals surface area contributed by atoms with Crippen LogP contribution in [0.15, 0.2) is 36.4 Å². The molecule has 2 amide bonds. The fourth-order valence-corrected chi connectivity index (χ4v) is 2.70. The summed E-state index contributed by atoms with van der Waals surface area (Å²) in [5, 5.41) is 6.24. The third kappa shape index (κ3) is 4.40. The average molecular weight is 359 g/mol. The molecule has 0 atom stereocenters. The molecule has 0 bridgehead atoms. The minimum absolute atomic E-state index is 0.353. The Hall–Kier alpha value is -2.33. The molecule has 0 saturated heterocycles. The first-order valence-corrected chi connectivity index (χ1v) is 8.45. The van der Waals surface area contributed by atoms with Crippen LogP contribution in [0, 0.1) is 26.2 Å². The first kappa shape index (κ1) is 19.0. The summed E-state index contributed by atoms with van der Waals surface area (Å²) in [7, 11) is 0. The van der Waals surface area contributed by atoms with Crippen LogP contribution in [-0.2, 0) is 9.59 Å². The lowest BCUT2D eigenvalue weighted by molar-refractivity contribution is -0.135. The first-order valence-electron chi connectivity index (χ1n) is 8.07. The standard InChI is InChI=1S/C20H23ClN2O2/c1-12-10-13(2)17(14(3)11-12)23-19(25)20(4,5)18(24)22-16-8-6-15(21)7-9-16/h6-11H,1-5H3,(H,22,24)(H,23,25). The van der Waals surface area contributed by atoms with E-state index in [2.05, 4.69) is 10.6 Å². The number of carbonyl (C=O) groups excluding carboxylic acids is 2. The summed E-state index contributed by atoms with van der Waals surface area (Å²) in [4.78, 5) is 25.3. The Morgan fingerprint density at radius 3 is 1.88 bits per heavy atom. The molecule has 2 aromatic carbocycles. The molecule has 0 radical (unpaired) electrons. The van der Waals surface area contributed by atoms with Gasteiger partial charge in [-0.05, 0) is 70.0 Å². The number of anilines is 2. The predicted molar refractivity (Wildman–Crippen MR) is 103 cm³/mol. The molecule has 0 heterocycles. The normalized spacial score (nSPS) is 11.1. The van der Waals surface area contributed by atoms with Crippen LogP contribution in [0.5, 0.6) is 0 Å². The lowest BCUT2D eigenvalue weighted by atomic mass is 9.90. The van der Waals surface area contributed by atoms with Crippen molar-refractivity contribution in [2.24, 2.45) is 5.41 Å².